The predicted octanol–water partition coefficient (Wildman–Crippen LogP) is 0.548. The fourth-order valence-corrected chi connectivity index (χ4v) is 3.11. The van der Waals surface area contributed by atoms with Gasteiger partial charge < -0.3 is 20.7 Å². The molecule has 2 atom stereocenters. The van der Waals surface area contributed by atoms with E-state index in [0.29, 0.717) is 13.0 Å². The number of benzene rings is 1. The third-order valence-corrected chi connectivity index (χ3v) is 4.24. The van der Waals surface area contributed by atoms with E-state index < -0.39 is 24.0 Å². The maximum atomic E-state index is 12.4. The van der Waals surface area contributed by atoms with Crippen molar-refractivity contribution in [1.29, 1.82) is 0 Å². The first-order valence-corrected chi connectivity index (χ1v) is 7.41. The third kappa shape index (κ3) is 2.57. The average molecular weight is 301 g/mol. The number of carbonyl (C=O) groups is 2. The second-order valence-electron chi connectivity index (χ2n) is 5.67. The number of rotatable bonds is 4. The summed E-state index contributed by atoms with van der Waals surface area (Å²) in [6, 6.07) is 7.13. The first kappa shape index (κ1) is 14.6. The van der Waals surface area contributed by atoms with Crippen LogP contribution in [0.15, 0.2) is 30.5 Å². The Morgan fingerprint density at radius 3 is 2.95 bits per heavy atom. The van der Waals surface area contributed by atoms with E-state index in [1.165, 1.54) is 4.90 Å². The normalized spacial score (nSPS) is 19.5. The maximum Gasteiger partial charge on any atom is 0.252 e. The zero-order valence-electron chi connectivity index (χ0n) is 12.2. The highest BCUT2D eigenvalue weighted by molar-refractivity contribution is 5.90. The fraction of sp³-hybridized carbons (Fsp3) is 0.375. The highest BCUT2D eigenvalue weighted by Crippen LogP contribution is 2.22. The van der Waals surface area contributed by atoms with Gasteiger partial charge in [-0.05, 0) is 24.5 Å². The zero-order valence-corrected chi connectivity index (χ0v) is 12.2. The minimum Gasteiger partial charge on any atom is -0.383 e. The minimum absolute atomic E-state index is 0.213. The number of nitrogens with two attached hydrogens (primary N) is 1. The van der Waals surface area contributed by atoms with Crippen LogP contribution in [-0.2, 0) is 16.0 Å². The van der Waals surface area contributed by atoms with Crippen LogP contribution in [0.2, 0.25) is 0 Å². The zero-order chi connectivity index (χ0) is 15.7. The summed E-state index contributed by atoms with van der Waals surface area (Å²) in [6.45, 7) is 0.470. The molecule has 1 aliphatic rings. The molecule has 0 aliphatic carbocycles. The number of para-hydroxylation sites is 1. The van der Waals surface area contributed by atoms with Gasteiger partial charge in [-0.25, -0.2) is 0 Å². The molecule has 22 heavy (non-hydrogen) atoms. The average Bonchev–Trinajstić information content (AvgIpc) is 3.14. The number of hydrogen-bond donors (Lipinski definition) is 3. The number of fused-ring (bicyclic) bond motifs is 1. The van der Waals surface area contributed by atoms with Gasteiger partial charge in [0.25, 0.3) is 5.91 Å². The van der Waals surface area contributed by atoms with Crippen molar-refractivity contribution in [2.45, 2.75) is 31.4 Å². The molecule has 0 saturated carbocycles. The molecule has 6 heteroatoms. The molecule has 3 rings (SSSR count). The number of aromatic amines is 1. The summed E-state index contributed by atoms with van der Waals surface area (Å²) >= 11 is 0. The molecule has 2 aromatic rings. The van der Waals surface area contributed by atoms with E-state index in [4.69, 9.17) is 5.73 Å². The van der Waals surface area contributed by atoms with Crippen molar-refractivity contribution in [3.05, 3.63) is 36.0 Å². The van der Waals surface area contributed by atoms with E-state index in [1.54, 1.807) is 6.20 Å². The summed E-state index contributed by atoms with van der Waals surface area (Å²) in [5.74, 6) is -0.934. The van der Waals surface area contributed by atoms with Gasteiger partial charge in [-0.3, -0.25) is 9.59 Å². The monoisotopic (exact) mass is 301 g/mol. The Morgan fingerprint density at radius 2 is 2.18 bits per heavy atom. The van der Waals surface area contributed by atoms with E-state index in [-0.39, 0.29) is 6.42 Å². The Balaban J connectivity index is 1.75. The summed E-state index contributed by atoms with van der Waals surface area (Å²) in [4.78, 5) is 28.3. The fourth-order valence-electron chi connectivity index (χ4n) is 3.11. The number of nitrogens with one attached hydrogen (secondary N) is 1. The van der Waals surface area contributed by atoms with Crippen LogP contribution in [0.1, 0.15) is 18.4 Å². The van der Waals surface area contributed by atoms with E-state index in [9.17, 15) is 14.7 Å². The van der Waals surface area contributed by atoms with E-state index in [2.05, 4.69) is 4.98 Å². The van der Waals surface area contributed by atoms with Crippen LogP contribution in [0.3, 0.4) is 0 Å². The van der Waals surface area contributed by atoms with Crippen molar-refractivity contribution in [3.63, 3.8) is 0 Å². The molecule has 1 saturated heterocycles. The molecule has 1 aromatic heterocycles. The van der Waals surface area contributed by atoms with E-state index in [0.717, 1.165) is 22.9 Å². The van der Waals surface area contributed by atoms with Gasteiger partial charge in [-0.1, -0.05) is 18.2 Å². The summed E-state index contributed by atoms with van der Waals surface area (Å²) in [5.41, 5.74) is 7.16. The number of nitrogens with zero attached hydrogens (tertiary/aromatic N) is 1. The lowest BCUT2D eigenvalue weighted by atomic mass is 10.1. The number of aliphatic hydroxyl groups excluding tert-OH is 1. The lowest BCUT2D eigenvalue weighted by Gasteiger charge is -2.24. The summed E-state index contributed by atoms with van der Waals surface area (Å²) in [5, 5.41) is 11.2. The number of aliphatic hydroxyl groups is 1. The molecular weight excluding hydrogens is 282 g/mol. The number of amides is 2. The van der Waals surface area contributed by atoms with Crippen LogP contribution in [0, 0.1) is 0 Å². The number of hydrogen-bond acceptors (Lipinski definition) is 3. The molecule has 0 radical (unpaired) electrons. The number of primary amides is 1. The van der Waals surface area contributed by atoms with Gasteiger partial charge in [-0.2, -0.15) is 0 Å². The van der Waals surface area contributed by atoms with Crippen LogP contribution >= 0.6 is 0 Å². The quantitative estimate of drug-likeness (QED) is 0.769. The van der Waals surface area contributed by atoms with Crippen LogP contribution in [0.5, 0.6) is 0 Å². The molecule has 6 nitrogen and oxygen atoms in total. The molecule has 116 valence electrons. The minimum atomic E-state index is -1.17. The molecule has 0 spiro atoms. The van der Waals surface area contributed by atoms with Gasteiger partial charge in [0, 0.05) is 30.1 Å². The standard InChI is InChI=1S/C16H19N3O3/c17-15(21)13-6-3-7-19(13)16(22)14(20)8-10-9-18-12-5-2-1-4-11(10)12/h1-2,4-5,9,13-14,18,20H,3,6-8H2,(H2,17,21). The van der Waals surface area contributed by atoms with Crippen molar-refractivity contribution in [1.82, 2.24) is 9.88 Å². The van der Waals surface area contributed by atoms with Crippen LogP contribution in [0.25, 0.3) is 10.9 Å². The Labute approximate surface area is 127 Å². The molecule has 1 aliphatic heterocycles. The molecule has 2 unspecified atom stereocenters. The Morgan fingerprint density at radius 1 is 1.41 bits per heavy atom. The van der Waals surface area contributed by atoms with Crippen molar-refractivity contribution in [2.75, 3.05) is 6.54 Å². The summed E-state index contributed by atoms with van der Waals surface area (Å²) in [6.07, 6.45) is 2.15. The molecule has 4 N–H and O–H groups in total. The van der Waals surface area contributed by atoms with Gasteiger partial charge >= 0.3 is 0 Å². The lowest BCUT2D eigenvalue weighted by molar-refractivity contribution is -0.144. The largest absolute Gasteiger partial charge is 0.383 e. The molecule has 1 aromatic carbocycles. The van der Waals surface area contributed by atoms with Gasteiger partial charge in [0.15, 0.2) is 0 Å². The van der Waals surface area contributed by atoms with Gasteiger partial charge in [0.05, 0.1) is 0 Å². The van der Waals surface area contributed by atoms with Gasteiger partial charge in [0.1, 0.15) is 12.1 Å². The summed E-state index contributed by atoms with van der Waals surface area (Å²) in [7, 11) is 0. The number of H-pyrrole nitrogens is 1. The Kier molecular flexibility index (Phi) is 3.85. The van der Waals surface area contributed by atoms with Crippen molar-refractivity contribution in [3.8, 4) is 0 Å². The molecule has 1 fully saturated rings. The lowest BCUT2D eigenvalue weighted by Crippen LogP contribution is -2.48. The molecular formula is C16H19N3O3. The van der Waals surface area contributed by atoms with E-state index in [1.807, 2.05) is 24.3 Å². The first-order valence-electron chi connectivity index (χ1n) is 7.41. The van der Waals surface area contributed by atoms with Crippen molar-refractivity contribution < 1.29 is 14.7 Å². The number of aromatic nitrogens is 1. The van der Waals surface area contributed by atoms with Crippen molar-refractivity contribution >= 4 is 22.7 Å². The molecule has 2 amide bonds. The Hall–Kier alpha value is -2.34. The van der Waals surface area contributed by atoms with Gasteiger partial charge in [-0.15, -0.1) is 0 Å². The number of carbonyl (C=O) groups excluding carboxylic acids is 2. The predicted molar refractivity (Wildman–Crippen MR) is 81.9 cm³/mol. The SMILES string of the molecule is NC(=O)C1CCCN1C(=O)C(O)Cc1c[nH]c2ccccc12. The topological polar surface area (TPSA) is 99.4 Å². The third-order valence-electron chi connectivity index (χ3n) is 4.24. The van der Waals surface area contributed by atoms with Crippen LogP contribution in [0.4, 0.5) is 0 Å². The smallest absolute Gasteiger partial charge is 0.252 e. The second kappa shape index (κ2) is 5.81. The summed E-state index contributed by atoms with van der Waals surface area (Å²) < 4.78 is 0. The second-order valence-corrected chi connectivity index (χ2v) is 5.67. The highest BCUT2D eigenvalue weighted by Gasteiger charge is 2.35. The highest BCUT2D eigenvalue weighted by atomic mass is 16.3. The Bertz CT molecular complexity index is 709. The molecule has 2 heterocycles. The number of likely N-dealkylation sites (tertiary alicyclic amines) is 1. The van der Waals surface area contributed by atoms with Crippen molar-refractivity contribution in [2.24, 2.45) is 5.73 Å². The first-order chi connectivity index (χ1) is 10.6. The van der Waals surface area contributed by atoms with Crippen LogP contribution in [-0.4, -0.2) is 45.5 Å². The van der Waals surface area contributed by atoms with Crippen LogP contribution < -0.4 is 5.73 Å². The maximum absolute atomic E-state index is 12.4. The van der Waals surface area contributed by atoms with E-state index >= 15 is 0 Å². The van der Waals surface area contributed by atoms with Gasteiger partial charge in [0.2, 0.25) is 5.91 Å². The molecule has 0 bridgehead atoms.